The van der Waals surface area contributed by atoms with Crippen LogP contribution in [0.15, 0.2) is 54.7 Å². The maximum atomic E-state index is 12.1. The molecule has 5 rings (SSSR count). The number of anilines is 1. The number of ether oxygens (including phenoxy) is 2. The molecule has 192 valence electrons. The van der Waals surface area contributed by atoms with Gasteiger partial charge in [0, 0.05) is 37.3 Å². The van der Waals surface area contributed by atoms with Crippen molar-refractivity contribution in [3.63, 3.8) is 0 Å². The Morgan fingerprint density at radius 1 is 1.11 bits per heavy atom. The Morgan fingerprint density at radius 3 is 2.68 bits per heavy atom. The van der Waals surface area contributed by atoms with Gasteiger partial charge >= 0.3 is 5.97 Å². The number of likely N-dealkylation sites (tertiary alicyclic amines) is 1. The van der Waals surface area contributed by atoms with Crippen LogP contribution in [0, 0.1) is 11.8 Å². The van der Waals surface area contributed by atoms with Crippen molar-refractivity contribution < 1.29 is 14.3 Å². The molecule has 0 bridgehead atoms. The van der Waals surface area contributed by atoms with E-state index in [9.17, 15) is 4.79 Å². The van der Waals surface area contributed by atoms with E-state index in [4.69, 9.17) is 9.47 Å². The molecule has 3 heterocycles. The van der Waals surface area contributed by atoms with Crippen LogP contribution in [0.25, 0.3) is 0 Å². The molecular formula is C30H33N3O3S. The van der Waals surface area contributed by atoms with Gasteiger partial charge in [-0.3, -0.25) is 9.69 Å². The van der Waals surface area contributed by atoms with Crippen molar-refractivity contribution in [2.24, 2.45) is 0 Å². The third-order valence-corrected chi connectivity index (χ3v) is 8.23. The maximum Gasteiger partial charge on any atom is 0.312 e. The number of likely N-dealkylation sites (N-methyl/N-ethyl adjacent to an activating group) is 1. The molecule has 0 atom stereocenters. The van der Waals surface area contributed by atoms with E-state index in [0.717, 1.165) is 36.1 Å². The summed E-state index contributed by atoms with van der Waals surface area (Å²) in [5.74, 6) is 6.35. The molecule has 2 aromatic carbocycles. The molecular weight excluding hydrogens is 482 g/mol. The molecule has 0 N–H and O–H groups in total. The Hall–Kier alpha value is -3.34. The number of hydrogen-bond acceptors (Lipinski definition) is 7. The molecule has 2 aliphatic heterocycles. The van der Waals surface area contributed by atoms with Gasteiger partial charge < -0.3 is 14.4 Å². The minimum Gasteiger partial charge on any atom is -0.484 e. The highest BCUT2D eigenvalue weighted by molar-refractivity contribution is 7.11. The minimum atomic E-state index is -0.310. The van der Waals surface area contributed by atoms with Crippen LogP contribution in [0.1, 0.15) is 48.1 Å². The van der Waals surface area contributed by atoms with Gasteiger partial charge in [0.2, 0.25) is 0 Å². The van der Waals surface area contributed by atoms with Gasteiger partial charge in [-0.05, 0) is 56.6 Å². The van der Waals surface area contributed by atoms with Gasteiger partial charge in [-0.25, -0.2) is 4.98 Å². The predicted octanol–water partition coefficient (Wildman–Crippen LogP) is 5.41. The first kappa shape index (κ1) is 25.3. The summed E-state index contributed by atoms with van der Waals surface area (Å²) in [5.41, 5.74) is 3.19. The summed E-state index contributed by atoms with van der Waals surface area (Å²) in [6, 6.07) is 16.2. The smallest absolute Gasteiger partial charge is 0.312 e. The molecule has 1 spiro atoms. The number of esters is 1. The standard InChI is InChI=1S/C30H33N3O3S/c1-3-4-5-14-29(34)36-27-13-9-8-12-26(27)35-21-23-19-31-28(37-23)20-33-17-15-30(16-18-33)22-32(2)25-11-7-6-10-24(25)30/h6-13,19H,5,14-18,20-22H2,1-2H3. The van der Waals surface area contributed by atoms with Crippen LogP contribution in [-0.4, -0.2) is 42.5 Å². The lowest BCUT2D eigenvalue weighted by atomic mass is 9.74. The lowest BCUT2D eigenvalue weighted by Crippen LogP contribution is -2.44. The molecule has 0 aliphatic carbocycles. The van der Waals surface area contributed by atoms with Gasteiger partial charge in [-0.2, -0.15) is 0 Å². The van der Waals surface area contributed by atoms with Gasteiger partial charge in [0.1, 0.15) is 11.6 Å². The van der Waals surface area contributed by atoms with Crippen molar-refractivity contribution in [3.05, 3.63) is 70.2 Å². The lowest BCUT2D eigenvalue weighted by Gasteiger charge is -2.39. The van der Waals surface area contributed by atoms with Gasteiger partial charge in [0.15, 0.2) is 11.5 Å². The van der Waals surface area contributed by atoms with E-state index in [1.165, 1.54) is 24.1 Å². The number of rotatable bonds is 8. The van der Waals surface area contributed by atoms with Crippen molar-refractivity contribution >= 4 is 23.0 Å². The number of aromatic nitrogens is 1. The van der Waals surface area contributed by atoms with E-state index in [2.05, 4.69) is 57.9 Å². The fraction of sp³-hybridized carbons (Fsp3) is 0.400. The second-order valence-corrected chi connectivity index (χ2v) is 11.0. The number of carbonyl (C=O) groups excluding carboxylic acids is 1. The topological polar surface area (TPSA) is 54.9 Å². The second-order valence-electron chi connectivity index (χ2n) is 9.79. The molecule has 7 heteroatoms. The molecule has 37 heavy (non-hydrogen) atoms. The van der Waals surface area contributed by atoms with E-state index in [-0.39, 0.29) is 17.8 Å². The fourth-order valence-electron chi connectivity index (χ4n) is 5.39. The van der Waals surface area contributed by atoms with Crippen LogP contribution in [0.3, 0.4) is 0 Å². The maximum absolute atomic E-state index is 12.1. The zero-order chi connectivity index (χ0) is 25.7. The van der Waals surface area contributed by atoms with E-state index >= 15 is 0 Å². The number of thiazole rings is 1. The number of nitrogens with zero attached hydrogens (tertiary/aromatic N) is 3. The molecule has 0 unspecified atom stereocenters. The number of hydrogen-bond donors (Lipinski definition) is 0. The van der Waals surface area contributed by atoms with Crippen LogP contribution < -0.4 is 14.4 Å². The summed E-state index contributed by atoms with van der Waals surface area (Å²) in [7, 11) is 2.21. The highest BCUT2D eigenvalue weighted by Gasteiger charge is 2.43. The Morgan fingerprint density at radius 2 is 1.86 bits per heavy atom. The predicted molar refractivity (Wildman–Crippen MR) is 147 cm³/mol. The number of benzene rings is 2. The molecule has 2 aliphatic rings. The van der Waals surface area contributed by atoms with Crippen LogP contribution >= 0.6 is 11.3 Å². The first-order valence-electron chi connectivity index (χ1n) is 12.8. The van der Waals surface area contributed by atoms with E-state index in [1.807, 2.05) is 24.4 Å². The molecule has 0 amide bonds. The average molecular weight is 516 g/mol. The first-order chi connectivity index (χ1) is 18.1. The Labute approximate surface area is 223 Å². The Kier molecular flexibility index (Phi) is 7.78. The summed E-state index contributed by atoms with van der Waals surface area (Å²) < 4.78 is 11.5. The molecule has 1 fully saturated rings. The summed E-state index contributed by atoms with van der Waals surface area (Å²) in [6.07, 6.45) is 5.00. The highest BCUT2D eigenvalue weighted by atomic mass is 32.1. The summed E-state index contributed by atoms with van der Waals surface area (Å²) >= 11 is 1.68. The molecule has 3 aromatic rings. The normalized spacial score (nSPS) is 16.2. The van der Waals surface area contributed by atoms with E-state index in [1.54, 1.807) is 24.3 Å². The third-order valence-electron chi connectivity index (χ3n) is 7.27. The van der Waals surface area contributed by atoms with Crippen molar-refractivity contribution in [1.82, 2.24) is 9.88 Å². The quantitative estimate of drug-likeness (QED) is 0.227. The first-order valence-corrected chi connectivity index (χ1v) is 13.7. The zero-order valence-electron chi connectivity index (χ0n) is 21.5. The highest BCUT2D eigenvalue weighted by Crippen LogP contribution is 2.46. The summed E-state index contributed by atoms with van der Waals surface area (Å²) in [6.45, 7) is 6.29. The average Bonchev–Trinajstić information content (AvgIpc) is 3.47. The second kappa shape index (κ2) is 11.4. The van der Waals surface area contributed by atoms with Crippen molar-refractivity contribution in [2.45, 2.75) is 51.2 Å². The van der Waals surface area contributed by atoms with Crippen LogP contribution in [-0.2, 0) is 23.4 Å². The SMILES string of the molecule is CC#CCCC(=O)Oc1ccccc1OCc1cnc(CN2CCC3(CC2)CN(C)c2ccccc23)s1. The number of para-hydroxylation sites is 3. The largest absolute Gasteiger partial charge is 0.484 e. The fourth-order valence-corrected chi connectivity index (χ4v) is 6.27. The van der Waals surface area contributed by atoms with Crippen molar-refractivity contribution in [1.29, 1.82) is 0 Å². The molecule has 0 saturated carbocycles. The number of carbonyl (C=O) groups is 1. The molecule has 1 aromatic heterocycles. The molecule has 6 nitrogen and oxygen atoms in total. The molecule has 0 radical (unpaired) electrons. The lowest BCUT2D eigenvalue weighted by molar-refractivity contribution is -0.134. The van der Waals surface area contributed by atoms with E-state index < -0.39 is 0 Å². The van der Waals surface area contributed by atoms with Gasteiger partial charge in [-0.1, -0.05) is 30.3 Å². The number of fused-ring (bicyclic) bond motifs is 2. The third kappa shape index (κ3) is 5.82. The van der Waals surface area contributed by atoms with Gasteiger partial charge in [-0.15, -0.1) is 23.2 Å². The zero-order valence-corrected chi connectivity index (χ0v) is 22.4. The number of piperidine rings is 1. The summed E-state index contributed by atoms with van der Waals surface area (Å²) in [5, 5.41) is 1.11. The van der Waals surface area contributed by atoms with Crippen LogP contribution in [0.5, 0.6) is 11.5 Å². The Bertz CT molecular complexity index is 1300. The molecule has 1 saturated heterocycles. The van der Waals surface area contributed by atoms with E-state index in [0.29, 0.717) is 24.5 Å². The summed E-state index contributed by atoms with van der Waals surface area (Å²) in [4.78, 5) is 22.8. The van der Waals surface area contributed by atoms with Gasteiger partial charge in [0.25, 0.3) is 0 Å². The van der Waals surface area contributed by atoms with Crippen LogP contribution in [0.2, 0.25) is 0 Å². The van der Waals surface area contributed by atoms with Crippen molar-refractivity contribution in [3.8, 4) is 23.3 Å². The Balaban J connectivity index is 1.13. The van der Waals surface area contributed by atoms with Gasteiger partial charge in [0.05, 0.1) is 17.8 Å². The van der Waals surface area contributed by atoms with Crippen LogP contribution in [0.4, 0.5) is 5.69 Å². The van der Waals surface area contributed by atoms with Crippen molar-refractivity contribution in [2.75, 3.05) is 31.6 Å². The monoisotopic (exact) mass is 515 g/mol. The minimum absolute atomic E-state index is 0.258.